The Bertz CT molecular complexity index is 352. The van der Waals surface area contributed by atoms with Gasteiger partial charge in [-0.15, -0.1) is 0 Å². The SMILES string of the molecule is CNC(=O)N(CCO)N=Cc1ccccc1. The van der Waals surface area contributed by atoms with Gasteiger partial charge in [0.1, 0.15) is 0 Å². The molecule has 5 heteroatoms. The van der Waals surface area contributed by atoms with Gasteiger partial charge in [-0.3, -0.25) is 0 Å². The van der Waals surface area contributed by atoms with Crippen LogP contribution in [0.25, 0.3) is 0 Å². The molecule has 0 saturated heterocycles. The maximum atomic E-state index is 11.3. The van der Waals surface area contributed by atoms with Crippen LogP contribution < -0.4 is 5.32 Å². The smallest absolute Gasteiger partial charge is 0.337 e. The summed E-state index contributed by atoms with van der Waals surface area (Å²) in [5.41, 5.74) is 0.898. The predicted molar refractivity (Wildman–Crippen MR) is 62.3 cm³/mol. The number of urea groups is 1. The molecular weight excluding hydrogens is 206 g/mol. The summed E-state index contributed by atoms with van der Waals surface area (Å²) in [7, 11) is 1.52. The molecule has 0 aliphatic heterocycles. The van der Waals surface area contributed by atoms with Crippen LogP contribution in [0, 0.1) is 0 Å². The van der Waals surface area contributed by atoms with Crippen LogP contribution in [0.3, 0.4) is 0 Å². The topological polar surface area (TPSA) is 64.9 Å². The van der Waals surface area contributed by atoms with Crippen molar-refractivity contribution in [1.82, 2.24) is 10.3 Å². The van der Waals surface area contributed by atoms with Gasteiger partial charge in [-0.25, -0.2) is 9.80 Å². The summed E-state index contributed by atoms with van der Waals surface area (Å²) in [4.78, 5) is 11.3. The van der Waals surface area contributed by atoms with E-state index < -0.39 is 0 Å². The largest absolute Gasteiger partial charge is 0.394 e. The lowest BCUT2D eigenvalue weighted by atomic mass is 10.2. The fraction of sp³-hybridized carbons (Fsp3) is 0.273. The van der Waals surface area contributed by atoms with Crippen LogP contribution in [-0.4, -0.2) is 42.6 Å². The second-order valence-electron chi connectivity index (χ2n) is 3.06. The van der Waals surface area contributed by atoms with Crippen LogP contribution in [-0.2, 0) is 0 Å². The highest BCUT2D eigenvalue weighted by Gasteiger charge is 2.07. The maximum Gasteiger partial charge on any atom is 0.337 e. The number of aliphatic hydroxyl groups is 1. The fourth-order valence-corrected chi connectivity index (χ4v) is 1.11. The van der Waals surface area contributed by atoms with Crippen molar-refractivity contribution < 1.29 is 9.90 Å². The lowest BCUT2D eigenvalue weighted by Crippen LogP contribution is -2.36. The van der Waals surface area contributed by atoms with E-state index in [2.05, 4.69) is 10.4 Å². The van der Waals surface area contributed by atoms with Gasteiger partial charge < -0.3 is 10.4 Å². The van der Waals surface area contributed by atoms with Gasteiger partial charge in [-0.1, -0.05) is 30.3 Å². The Balaban J connectivity index is 2.68. The molecule has 2 N–H and O–H groups in total. The van der Waals surface area contributed by atoms with Gasteiger partial charge in [0.15, 0.2) is 0 Å². The lowest BCUT2D eigenvalue weighted by Gasteiger charge is -2.14. The Morgan fingerprint density at radius 3 is 2.75 bits per heavy atom. The van der Waals surface area contributed by atoms with Crippen molar-refractivity contribution in [1.29, 1.82) is 0 Å². The Hall–Kier alpha value is -1.88. The number of hydrogen-bond donors (Lipinski definition) is 2. The van der Waals surface area contributed by atoms with E-state index in [4.69, 9.17) is 5.11 Å². The first-order valence-electron chi connectivity index (χ1n) is 4.97. The molecule has 0 bridgehead atoms. The fourth-order valence-electron chi connectivity index (χ4n) is 1.11. The molecular formula is C11H15N3O2. The van der Waals surface area contributed by atoms with Gasteiger partial charge in [-0.2, -0.15) is 5.10 Å². The Morgan fingerprint density at radius 2 is 2.19 bits per heavy atom. The van der Waals surface area contributed by atoms with Gasteiger partial charge in [0.2, 0.25) is 0 Å². The molecule has 0 atom stereocenters. The molecule has 1 aromatic rings. The molecule has 1 rings (SSSR count). The van der Waals surface area contributed by atoms with Gasteiger partial charge >= 0.3 is 6.03 Å². The Labute approximate surface area is 94.4 Å². The number of nitrogens with one attached hydrogen (secondary N) is 1. The number of carbonyl (C=O) groups excluding carboxylic acids is 1. The summed E-state index contributed by atoms with van der Waals surface area (Å²) in [5.74, 6) is 0. The zero-order valence-electron chi connectivity index (χ0n) is 9.13. The summed E-state index contributed by atoms with van der Waals surface area (Å²) in [6.45, 7) is 0.0442. The minimum Gasteiger partial charge on any atom is -0.394 e. The van der Waals surface area contributed by atoms with Crippen molar-refractivity contribution in [3.8, 4) is 0 Å². The highest BCUT2D eigenvalue weighted by Crippen LogP contribution is 1.96. The number of hydrazone groups is 1. The van der Waals surface area contributed by atoms with Crippen LogP contribution in [0.4, 0.5) is 4.79 Å². The van der Waals surface area contributed by atoms with Crippen LogP contribution in [0.15, 0.2) is 35.4 Å². The highest BCUT2D eigenvalue weighted by atomic mass is 16.3. The van der Waals surface area contributed by atoms with E-state index in [1.807, 2.05) is 30.3 Å². The number of aliphatic hydroxyl groups excluding tert-OH is 1. The molecule has 2 amide bonds. The Morgan fingerprint density at radius 1 is 1.50 bits per heavy atom. The van der Waals surface area contributed by atoms with Crippen LogP contribution in [0.2, 0.25) is 0 Å². The predicted octanol–water partition coefficient (Wildman–Crippen LogP) is 0.654. The number of nitrogens with zero attached hydrogens (tertiary/aromatic N) is 2. The van der Waals surface area contributed by atoms with E-state index in [1.165, 1.54) is 12.1 Å². The van der Waals surface area contributed by atoms with Gasteiger partial charge in [0, 0.05) is 7.05 Å². The molecule has 5 nitrogen and oxygen atoms in total. The molecule has 0 aliphatic rings. The molecule has 0 heterocycles. The molecule has 0 saturated carbocycles. The third-order valence-electron chi connectivity index (χ3n) is 1.91. The normalized spacial score (nSPS) is 10.4. The van der Waals surface area contributed by atoms with Gasteiger partial charge in [-0.05, 0) is 5.56 Å². The van der Waals surface area contributed by atoms with E-state index in [0.717, 1.165) is 5.56 Å². The summed E-state index contributed by atoms with van der Waals surface area (Å²) in [6, 6.07) is 9.09. The van der Waals surface area contributed by atoms with E-state index >= 15 is 0 Å². The standard InChI is InChI=1S/C11H15N3O2/c1-12-11(16)14(7-8-15)13-9-10-5-3-2-4-6-10/h2-6,9,15H,7-8H2,1H3,(H,12,16). The van der Waals surface area contributed by atoms with E-state index in [1.54, 1.807) is 6.21 Å². The maximum absolute atomic E-state index is 11.3. The number of hydrogen-bond acceptors (Lipinski definition) is 3. The molecule has 0 unspecified atom stereocenters. The average molecular weight is 221 g/mol. The van der Waals surface area contributed by atoms with Crippen molar-refractivity contribution in [2.75, 3.05) is 20.2 Å². The third-order valence-corrected chi connectivity index (χ3v) is 1.91. The Kier molecular flexibility index (Phi) is 5.01. The van der Waals surface area contributed by atoms with Crippen molar-refractivity contribution in [2.24, 2.45) is 5.10 Å². The first kappa shape index (κ1) is 12.2. The zero-order valence-corrected chi connectivity index (χ0v) is 9.13. The summed E-state index contributed by atoms with van der Waals surface area (Å²) in [5, 5.41) is 16.4. The number of amides is 2. The average Bonchev–Trinajstić information content (AvgIpc) is 2.34. The molecule has 1 aromatic carbocycles. The van der Waals surface area contributed by atoms with Crippen LogP contribution in [0.5, 0.6) is 0 Å². The second-order valence-corrected chi connectivity index (χ2v) is 3.06. The molecule has 0 radical (unpaired) electrons. The summed E-state index contributed by atoms with van der Waals surface area (Å²) < 4.78 is 0. The number of carbonyl (C=O) groups is 1. The highest BCUT2D eigenvalue weighted by molar-refractivity contribution is 5.81. The molecule has 0 aliphatic carbocycles. The molecule has 86 valence electrons. The van der Waals surface area contributed by atoms with E-state index in [0.29, 0.717) is 0 Å². The van der Waals surface area contributed by atoms with Gasteiger partial charge in [0.25, 0.3) is 0 Å². The second kappa shape index (κ2) is 6.58. The van der Waals surface area contributed by atoms with E-state index in [9.17, 15) is 4.79 Å². The van der Waals surface area contributed by atoms with Crippen molar-refractivity contribution in [3.05, 3.63) is 35.9 Å². The minimum atomic E-state index is -0.346. The molecule has 0 aromatic heterocycles. The number of rotatable bonds is 4. The van der Waals surface area contributed by atoms with Crippen LogP contribution >= 0.6 is 0 Å². The van der Waals surface area contributed by atoms with E-state index in [-0.39, 0.29) is 19.2 Å². The minimum absolute atomic E-state index is 0.125. The zero-order chi connectivity index (χ0) is 11.8. The first-order chi connectivity index (χ1) is 7.77. The van der Waals surface area contributed by atoms with Crippen molar-refractivity contribution in [3.63, 3.8) is 0 Å². The molecule has 16 heavy (non-hydrogen) atoms. The summed E-state index contributed by atoms with van der Waals surface area (Å²) >= 11 is 0. The summed E-state index contributed by atoms with van der Waals surface area (Å²) in [6.07, 6.45) is 1.57. The van der Waals surface area contributed by atoms with Crippen LogP contribution in [0.1, 0.15) is 5.56 Å². The third kappa shape index (κ3) is 3.70. The molecule has 0 spiro atoms. The number of benzene rings is 1. The monoisotopic (exact) mass is 221 g/mol. The van der Waals surface area contributed by atoms with Gasteiger partial charge in [0.05, 0.1) is 19.4 Å². The molecule has 0 fully saturated rings. The quantitative estimate of drug-likeness (QED) is 0.579. The van der Waals surface area contributed by atoms with Crippen molar-refractivity contribution >= 4 is 12.2 Å². The lowest BCUT2D eigenvalue weighted by molar-refractivity contribution is 0.182. The van der Waals surface area contributed by atoms with Crippen molar-refractivity contribution in [2.45, 2.75) is 0 Å². The first-order valence-corrected chi connectivity index (χ1v) is 4.97.